The van der Waals surface area contributed by atoms with Crippen LogP contribution in [0.1, 0.15) is 35.9 Å². The van der Waals surface area contributed by atoms with Gasteiger partial charge >= 0.3 is 0 Å². The molecule has 0 spiro atoms. The smallest absolute Gasteiger partial charge is 0.219 e. The molecule has 0 unspecified atom stereocenters. The number of hydrogen-bond donors (Lipinski definition) is 3. The molecule has 0 fully saturated rings. The summed E-state index contributed by atoms with van der Waals surface area (Å²) in [7, 11) is 1.48. The van der Waals surface area contributed by atoms with Crippen LogP contribution in [0, 0.1) is 0 Å². The fraction of sp³-hybridized carbons (Fsp3) is 0.227. The normalized spacial score (nSPS) is 20.3. The number of benzene rings is 2. The van der Waals surface area contributed by atoms with E-state index in [1.165, 1.54) is 7.11 Å². The first-order chi connectivity index (χ1) is 15.0. The number of nitrogens with zero attached hydrogens (tertiary/aromatic N) is 2. The lowest BCUT2D eigenvalue weighted by atomic mass is 9.78. The van der Waals surface area contributed by atoms with E-state index in [1.807, 2.05) is 24.3 Å². The van der Waals surface area contributed by atoms with Gasteiger partial charge in [-0.3, -0.25) is 4.79 Å². The molecule has 0 amide bonds. The summed E-state index contributed by atoms with van der Waals surface area (Å²) in [5.74, 6) is 1.19. The van der Waals surface area contributed by atoms with Crippen LogP contribution in [0.3, 0.4) is 0 Å². The number of ether oxygens (including phenoxy) is 1. The van der Waals surface area contributed by atoms with Crippen molar-refractivity contribution in [2.75, 3.05) is 17.7 Å². The predicted molar refractivity (Wildman–Crippen MR) is 114 cm³/mol. The minimum absolute atomic E-state index is 0.00688. The highest BCUT2D eigenvalue weighted by molar-refractivity contribution is 6.30. The van der Waals surface area contributed by atoms with Crippen molar-refractivity contribution in [1.82, 2.24) is 10.3 Å². The van der Waals surface area contributed by atoms with Gasteiger partial charge in [-0.1, -0.05) is 29.8 Å². The second kappa shape index (κ2) is 7.63. The number of anilines is 2. The van der Waals surface area contributed by atoms with E-state index in [0.717, 1.165) is 16.8 Å². The third-order valence-corrected chi connectivity index (χ3v) is 5.97. The number of methoxy groups -OCH3 is 1. The third-order valence-electron chi connectivity index (χ3n) is 5.71. The van der Waals surface area contributed by atoms with Crippen LogP contribution in [0.4, 0.5) is 11.6 Å². The van der Waals surface area contributed by atoms with Crippen LogP contribution >= 0.6 is 11.6 Å². The first-order valence-electron chi connectivity index (χ1n) is 9.78. The molecule has 0 radical (unpaired) electrons. The lowest BCUT2D eigenvalue weighted by Gasteiger charge is -2.29. The number of allylic oxidation sites excluding steroid dienone is 1. The number of rotatable bonds is 3. The van der Waals surface area contributed by atoms with E-state index < -0.39 is 6.04 Å². The number of hydrogen-bond acceptors (Lipinski definition) is 8. The minimum atomic E-state index is -0.510. The van der Waals surface area contributed by atoms with Crippen LogP contribution in [-0.4, -0.2) is 28.3 Å². The Balaban J connectivity index is 1.59. The topological polar surface area (TPSA) is 110 Å². The molecule has 0 saturated heterocycles. The number of halogens is 1. The van der Waals surface area contributed by atoms with Gasteiger partial charge in [0.05, 0.1) is 13.2 Å². The van der Waals surface area contributed by atoms with Gasteiger partial charge in [-0.25, -0.2) is 4.63 Å². The largest absolute Gasteiger partial charge is 0.504 e. The first kappa shape index (κ1) is 19.4. The van der Waals surface area contributed by atoms with Gasteiger partial charge in [0.25, 0.3) is 0 Å². The van der Waals surface area contributed by atoms with Crippen LogP contribution in [0.5, 0.6) is 11.5 Å². The van der Waals surface area contributed by atoms with Gasteiger partial charge in [0.1, 0.15) is 0 Å². The number of phenolic OH excluding ortho intramolecular Hbond substituents is 1. The maximum atomic E-state index is 13.4. The van der Waals surface area contributed by atoms with Gasteiger partial charge in [0.2, 0.25) is 11.6 Å². The second-order valence-electron chi connectivity index (χ2n) is 7.57. The molecule has 2 heterocycles. The number of phenols is 1. The highest BCUT2D eigenvalue weighted by atomic mass is 35.5. The van der Waals surface area contributed by atoms with E-state index >= 15 is 0 Å². The number of ketones is 1. The van der Waals surface area contributed by atoms with Crippen molar-refractivity contribution in [2.24, 2.45) is 0 Å². The highest BCUT2D eigenvalue weighted by Crippen LogP contribution is 2.44. The van der Waals surface area contributed by atoms with Crippen molar-refractivity contribution in [3.8, 4) is 11.5 Å². The Morgan fingerprint density at radius 3 is 2.61 bits per heavy atom. The average molecular weight is 439 g/mol. The zero-order valence-corrected chi connectivity index (χ0v) is 17.3. The third kappa shape index (κ3) is 3.48. The lowest BCUT2D eigenvalue weighted by Crippen LogP contribution is -2.27. The van der Waals surface area contributed by atoms with Crippen LogP contribution in [-0.2, 0) is 4.79 Å². The van der Waals surface area contributed by atoms with Crippen LogP contribution in [0.15, 0.2) is 58.4 Å². The molecule has 1 aliphatic heterocycles. The molecule has 3 aromatic rings. The van der Waals surface area contributed by atoms with Crippen molar-refractivity contribution in [2.45, 2.75) is 24.8 Å². The van der Waals surface area contributed by atoms with E-state index in [2.05, 4.69) is 20.9 Å². The molecule has 1 aromatic heterocycles. The number of aromatic hydroxyl groups is 1. The minimum Gasteiger partial charge on any atom is -0.504 e. The summed E-state index contributed by atoms with van der Waals surface area (Å²) in [5.41, 5.74) is 3.16. The van der Waals surface area contributed by atoms with Crippen molar-refractivity contribution in [3.05, 3.63) is 69.9 Å². The number of Topliss-reactive ketones (excluding diaryl/α,β-unsaturated/α-hetero) is 1. The molecule has 2 atom stereocenters. The van der Waals surface area contributed by atoms with Crippen molar-refractivity contribution in [3.63, 3.8) is 0 Å². The van der Waals surface area contributed by atoms with Gasteiger partial charge in [0, 0.05) is 22.7 Å². The summed E-state index contributed by atoms with van der Waals surface area (Å²) in [6.07, 6.45) is 0.980. The maximum Gasteiger partial charge on any atom is 0.219 e. The van der Waals surface area contributed by atoms with Gasteiger partial charge in [-0.2, -0.15) is 0 Å². The van der Waals surface area contributed by atoms with E-state index in [9.17, 15) is 9.90 Å². The average Bonchev–Trinajstić information content (AvgIpc) is 3.13. The quantitative estimate of drug-likeness (QED) is 0.551. The number of aromatic nitrogens is 2. The Morgan fingerprint density at radius 1 is 1.10 bits per heavy atom. The fourth-order valence-electron chi connectivity index (χ4n) is 4.20. The zero-order chi connectivity index (χ0) is 21.5. The predicted octanol–water partition coefficient (Wildman–Crippen LogP) is 4.42. The first-order valence-corrected chi connectivity index (χ1v) is 10.2. The van der Waals surface area contributed by atoms with Gasteiger partial charge < -0.3 is 20.5 Å². The molecule has 8 nitrogen and oxygen atoms in total. The molecule has 5 rings (SSSR count). The van der Waals surface area contributed by atoms with Crippen LogP contribution in [0.2, 0.25) is 5.02 Å². The van der Waals surface area contributed by atoms with Crippen molar-refractivity contribution < 1.29 is 19.3 Å². The molecule has 2 aliphatic rings. The summed E-state index contributed by atoms with van der Waals surface area (Å²) in [6, 6.07) is 12.0. The number of nitrogens with one attached hydrogen (secondary N) is 2. The summed E-state index contributed by atoms with van der Waals surface area (Å²) in [6.45, 7) is 0. The Hall–Kier alpha value is -3.52. The van der Waals surface area contributed by atoms with E-state index in [-0.39, 0.29) is 17.5 Å². The summed E-state index contributed by atoms with van der Waals surface area (Å²) in [5, 5.41) is 25.0. The summed E-state index contributed by atoms with van der Waals surface area (Å²) >= 11 is 6.03. The Morgan fingerprint density at radius 2 is 1.84 bits per heavy atom. The molecule has 158 valence electrons. The standard InChI is InChI=1S/C22H19ClN4O4/c1-30-18-10-12(4-7-16(18)28)20-19-15(24-21-22(25-20)27-31-26-21)8-13(9-17(19)29)11-2-5-14(23)6-3-11/h2-7,10,13,20,28H,8-9H2,1H3,(H,24,26)(H,25,27)/t13-,20+/m1/s1. The van der Waals surface area contributed by atoms with Gasteiger partial charge in [-0.15, -0.1) is 0 Å². The molecule has 9 heteroatoms. The SMILES string of the molecule is COc1cc([C@@H]2Nc3nonc3NC3=C2C(=O)C[C@H](c2ccc(Cl)cc2)C3)ccc1O. The fourth-order valence-corrected chi connectivity index (χ4v) is 4.32. The number of carbonyl (C=O) groups excluding carboxylic acids is 1. The Labute approximate surface area is 182 Å². The van der Waals surface area contributed by atoms with Crippen LogP contribution < -0.4 is 15.4 Å². The maximum absolute atomic E-state index is 13.4. The Kier molecular flexibility index (Phi) is 4.78. The second-order valence-corrected chi connectivity index (χ2v) is 8.00. The molecular weight excluding hydrogens is 420 g/mol. The molecule has 31 heavy (non-hydrogen) atoms. The summed E-state index contributed by atoms with van der Waals surface area (Å²) < 4.78 is 10.1. The van der Waals surface area contributed by atoms with Crippen molar-refractivity contribution >= 4 is 29.0 Å². The van der Waals surface area contributed by atoms with Crippen molar-refractivity contribution in [1.29, 1.82) is 0 Å². The molecular formula is C22H19ClN4O4. The zero-order valence-electron chi connectivity index (χ0n) is 16.6. The van der Waals surface area contributed by atoms with Gasteiger partial charge in [0.15, 0.2) is 17.3 Å². The van der Waals surface area contributed by atoms with E-state index in [1.54, 1.807) is 18.2 Å². The highest BCUT2D eigenvalue weighted by Gasteiger charge is 2.37. The van der Waals surface area contributed by atoms with Gasteiger partial charge in [-0.05, 0) is 58.0 Å². The summed E-state index contributed by atoms with van der Waals surface area (Å²) in [4.78, 5) is 13.4. The number of carbonyl (C=O) groups is 1. The molecule has 3 N–H and O–H groups in total. The molecule has 0 bridgehead atoms. The molecule has 0 saturated carbocycles. The molecule has 2 aromatic carbocycles. The van der Waals surface area contributed by atoms with Crippen LogP contribution in [0.25, 0.3) is 0 Å². The molecule has 1 aliphatic carbocycles. The number of fused-ring (bicyclic) bond motifs is 1. The Bertz CT molecular complexity index is 1190. The van der Waals surface area contributed by atoms with E-state index in [4.69, 9.17) is 21.0 Å². The lowest BCUT2D eigenvalue weighted by molar-refractivity contribution is -0.116. The van der Waals surface area contributed by atoms with E-state index in [0.29, 0.717) is 40.8 Å². The monoisotopic (exact) mass is 438 g/mol.